The number of rotatable bonds is 5. The molecule has 26 heavy (non-hydrogen) atoms. The van der Waals surface area contributed by atoms with Crippen LogP contribution < -0.4 is 10.1 Å². The van der Waals surface area contributed by atoms with Gasteiger partial charge in [0.25, 0.3) is 0 Å². The first-order chi connectivity index (χ1) is 12.4. The largest absolute Gasteiger partial charge is 0.497 e. The summed E-state index contributed by atoms with van der Waals surface area (Å²) in [4.78, 5) is 10.4. The van der Waals surface area contributed by atoms with Crippen molar-refractivity contribution in [1.29, 1.82) is 0 Å². The summed E-state index contributed by atoms with van der Waals surface area (Å²) in [5.74, 6) is -2.93. The Hall–Kier alpha value is -2.81. The number of halogens is 3. The molecule has 2 aromatic carbocycles. The monoisotopic (exact) mass is 368 g/mol. The standard InChI is InChI=1S/C17H15F3N2O4/c1-25-10-7-13(20)16(22(23)24)15(8-10)21-14-4-5-26-17(14)9-2-3-11(18)12(19)6-9/h2-3,6-8,14,17,21H,4-5H2,1H3. The number of ether oxygens (including phenoxy) is 2. The van der Waals surface area contributed by atoms with Gasteiger partial charge in [0.15, 0.2) is 11.6 Å². The highest BCUT2D eigenvalue weighted by molar-refractivity contribution is 5.65. The molecule has 1 heterocycles. The molecule has 0 aromatic heterocycles. The minimum absolute atomic E-state index is 0.0741. The van der Waals surface area contributed by atoms with Crippen molar-refractivity contribution in [3.05, 3.63) is 63.5 Å². The number of nitro groups is 1. The molecule has 1 fully saturated rings. The molecule has 0 spiro atoms. The summed E-state index contributed by atoms with van der Waals surface area (Å²) in [6, 6.07) is 5.11. The highest BCUT2D eigenvalue weighted by Gasteiger charge is 2.33. The van der Waals surface area contributed by atoms with E-state index >= 15 is 0 Å². The van der Waals surface area contributed by atoms with Crippen LogP contribution in [-0.2, 0) is 4.74 Å². The predicted octanol–water partition coefficient (Wildman–Crippen LogP) is 3.96. The van der Waals surface area contributed by atoms with Gasteiger partial charge in [-0.3, -0.25) is 10.1 Å². The summed E-state index contributed by atoms with van der Waals surface area (Å²) in [5.41, 5.74) is -0.415. The highest BCUT2D eigenvalue weighted by Crippen LogP contribution is 2.37. The summed E-state index contributed by atoms with van der Waals surface area (Å²) in [7, 11) is 1.31. The highest BCUT2D eigenvalue weighted by atomic mass is 19.2. The number of anilines is 1. The first kappa shape index (κ1) is 18.0. The first-order valence-electron chi connectivity index (χ1n) is 7.75. The zero-order valence-corrected chi connectivity index (χ0v) is 13.7. The molecule has 1 N–H and O–H groups in total. The van der Waals surface area contributed by atoms with E-state index in [9.17, 15) is 23.3 Å². The van der Waals surface area contributed by atoms with E-state index in [1.165, 1.54) is 19.2 Å². The fourth-order valence-corrected chi connectivity index (χ4v) is 2.94. The molecule has 1 aliphatic heterocycles. The average molecular weight is 368 g/mol. The maximum absolute atomic E-state index is 14.1. The number of nitrogens with zero attached hydrogens (tertiary/aromatic N) is 1. The van der Waals surface area contributed by atoms with E-state index < -0.39 is 40.2 Å². The van der Waals surface area contributed by atoms with Gasteiger partial charge in [-0.1, -0.05) is 6.07 Å². The van der Waals surface area contributed by atoms with Crippen LogP contribution in [0.1, 0.15) is 18.1 Å². The molecule has 0 aliphatic carbocycles. The summed E-state index contributed by atoms with van der Waals surface area (Å²) in [6.45, 7) is 0.307. The van der Waals surface area contributed by atoms with Crippen LogP contribution in [0, 0.1) is 27.6 Å². The Morgan fingerprint density at radius 2 is 1.96 bits per heavy atom. The summed E-state index contributed by atoms with van der Waals surface area (Å²) >= 11 is 0. The normalized spacial score (nSPS) is 19.4. The van der Waals surface area contributed by atoms with E-state index in [0.717, 1.165) is 18.2 Å². The SMILES string of the molecule is COc1cc(F)c([N+](=O)[O-])c(NC2CCOC2c2ccc(F)c(F)c2)c1. The predicted molar refractivity (Wildman–Crippen MR) is 86.7 cm³/mol. The fourth-order valence-electron chi connectivity index (χ4n) is 2.94. The van der Waals surface area contributed by atoms with E-state index in [2.05, 4.69) is 5.32 Å². The van der Waals surface area contributed by atoms with Crippen molar-refractivity contribution in [2.24, 2.45) is 0 Å². The van der Waals surface area contributed by atoms with E-state index in [0.29, 0.717) is 18.6 Å². The molecule has 2 atom stereocenters. The van der Waals surface area contributed by atoms with E-state index in [4.69, 9.17) is 9.47 Å². The molecule has 6 nitrogen and oxygen atoms in total. The number of hydrogen-bond acceptors (Lipinski definition) is 5. The lowest BCUT2D eigenvalue weighted by Crippen LogP contribution is -2.24. The molecule has 3 rings (SSSR count). The Balaban J connectivity index is 1.93. The number of nitrogens with one attached hydrogen (secondary N) is 1. The van der Waals surface area contributed by atoms with Crippen LogP contribution in [0.2, 0.25) is 0 Å². The van der Waals surface area contributed by atoms with E-state index in [1.54, 1.807) is 0 Å². The number of hydrogen-bond donors (Lipinski definition) is 1. The fraction of sp³-hybridized carbons (Fsp3) is 0.294. The van der Waals surface area contributed by atoms with Crippen LogP contribution in [0.3, 0.4) is 0 Å². The van der Waals surface area contributed by atoms with Gasteiger partial charge in [0.05, 0.1) is 18.1 Å². The number of nitro benzene ring substituents is 1. The van der Waals surface area contributed by atoms with E-state index in [-0.39, 0.29) is 11.4 Å². The zero-order chi connectivity index (χ0) is 18.8. The smallest absolute Gasteiger partial charge is 0.327 e. The van der Waals surface area contributed by atoms with Crippen molar-refractivity contribution < 1.29 is 27.6 Å². The van der Waals surface area contributed by atoms with Crippen LogP contribution in [0.15, 0.2) is 30.3 Å². The molecule has 0 radical (unpaired) electrons. The molecular formula is C17H15F3N2O4. The maximum atomic E-state index is 14.1. The van der Waals surface area contributed by atoms with Crippen LogP contribution in [0.5, 0.6) is 5.75 Å². The number of benzene rings is 2. The van der Waals surface area contributed by atoms with Crippen molar-refractivity contribution >= 4 is 11.4 Å². The summed E-state index contributed by atoms with van der Waals surface area (Å²) in [6.07, 6.45) is -0.224. The third-order valence-corrected chi connectivity index (χ3v) is 4.16. The molecule has 2 aromatic rings. The lowest BCUT2D eigenvalue weighted by molar-refractivity contribution is -0.386. The van der Waals surface area contributed by atoms with Crippen LogP contribution in [0.25, 0.3) is 0 Å². The van der Waals surface area contributed by atoms with Crippen molar-refractivity contribution in [1.82, 2.24) is 0 Å². The average Bonchev–Trinajstić information content (AvgIpc) is 3.04. The molecule has 0 amide bonds. The maximum Gasteiger partial charge on any atom is 0.327 e. The molecular weight excluding hydrogens is 353 g/mol. The molecule has 138 valence electrons. The van der Waals surface area contributed by atoms with Crippen molar-refractivity contribution in [2.75, 3.05) is 19.0 Å². The molecule has 1 saturated heterocycles. The second-order valence-electron chi connectivity index (χ2n) is 5.77. The van der Waals surface area contributed by atoms with Gasteiger partial charge in [-0.25, -0.2) is 8.78 Å². The van der Waals surface area contributed by atoms with Crippen LogP contribution in [-0.4, -0.2) is 24.7 Å². The molecule has 9 heteroatoms. The van der Waals surface area contributed by atoms with Gasteiger partial charge in [-0.15, -0.1) is 0 Å². The minimum atomic E-state index is -1.04. The Labute approximate surface area is 146 Å². The quantitative estimate of drug-likeness (QED) is 0.639. The Morgan fingerprint density at radius 3 is 2.62 bits per heavy atom. The lowest BCUT2D eigenvalue weighted by Gasteiger charge is -2.21. The topological polar surface area (TPSA) is 73.6 Å². The van der Waals surface area contributed by atoms with Crippen LogP contribution in [0.4, 0.5) is 24.5 Å². The van der Waals surface area contributed by atoms with Gasteiger partial charge in [0.2, 0.25) is 5.82 Å². The first-order valence-corrected chi connectivity index (χ1v) is 7.75. The van der Waals surface area contributed by atoms with Gasteiger partial charge < -0.3 is 14.8 Å². The lowest BCUT2D eigenvalue weighted by atomic mass is 10.0. The van der Waals surface area contributed by atoms with Gasteiger partial charge >= 0.3 is 5.69 Å². The van der Waals surface area contributed by atoms with Crippen molar-refractivity contribution in [3.8, 4) is 5.75 Å². The molecule has 0 saturated carbocycles. The van der Waals surface area contributed by atoms with E-state index in [1.807, 2.05) is 0 Å². The second kappa shape index (κ2) is 7.20. The summed E-state index contributed by atoms with van der Waals surface area (Å²) in [5, 5.41) is 14.1. The third-order valence-electron chi connectivity index (χ3n) is 4.16. The van der Waals surface area contributed by atoms with Crippen molar-refractivity contribution in [3.63, 3.8) is 0 Å². The minimum Gasteiger partial charge on any atom is -0.497 e. The van der Waals surface area contributed by atoms with Crippen LogP contribution >= 0.6 is 0 Å². The Bertz CT molecular complexity index is 847. The second-order valence-corrected chi connectivity index (χ2v) is 5.77. The number of methoxy groups -OCH3 is 1. The molecule has 0 bridgehead atoms. The van der Waals surface area contributed by atoms with Gasteiger partial charge in [0.1, 0.15) is 17.5 Å². The molecule has 1 aliphatic rings. The van der Waals surface area contributed by atoms with Gasteiger partial charge in [-0.2, -0.15) is 4.39 Å². The Morgan fingerprint density at radius 1 is 1.19 bits per heavy atom. The third kappa shape index (κ3) is 3.43. The zero-order valence-electron chi connectivity index (χ0n) is 13.7. The van der Waals surface area contributed by atoms with Gasteiger partial charge in [-0.05, 0) is 24.1 Å². The summed E-state index contributed by atoms with van der Waals surface area (Å²) < 4.78 is 51.2. The molecule has 2 unspecified atom stereocenters. The Kier molecular flexibility index (Phi) is 4.99. The van der Waals surface area contributed by atoms with Gasteiger partial charge in [0, 0.05) is 18.7 Å². The van der Waals surface area contributed by atoms with Crippen molar-refractivity contribution in [2.45, 2.75) is 18.6 Å².